The first-order valence-corrected chi connectivity index (χ1v) is 5.13. The van der Waals surface area contributed by atoms with Gasteiger partial charge in [0.05, 0.1) is 5.60 Å². The van der Waals surface area contributed by atoms with Crippen LogP contribution in [0.5, 0.6) is 0 Å². The highest BCUT2D eigenvalue weighted by Gasteiger charge is 2.12. The highest BCUT2D eigenvalue weighted by Crippen LogP contribution is 2.10. The van der Waals surface area contributed by atoms with Crippen molar-refractivity contribution in [3.63, 3.8) is 0 Å². The van der Waals surface area contributed by atoms with Crippen LogP contribution in [0.25, 0.3) is 0 Å². The minimum atomic E-state index is -0.147. The molecule has 0 saturated carbocycles. The first-order valence-electron chi connectivity index (χ1n) is 4.72. The third-order valence-corrected chi connectivity index (χ3v) is 2.10. The average molecular weight is 215 g/mol. The number of rotatable bonds is 3. The lowest BCUT2D eigenvalue weighted by Crippen LogP contribution is -2.20. The van der Waals surface area contributed by atoms with Gasteiger partial charge in [-0.05, 0) is 39.9 Å². The van der Waals surface area contributed by atoms with E-state index in [4.69, 9.17) is 17.0 Å². The van der Waals surface area contributed by atoms with Gasteiger partial charge >= 0.3 is 0 Å². The molecule has 0 aliphatic rings. The average Bonchev–Trinajstić information content (AvgIpc) is 2.41. The van der Waals surface area contributed by atoms with Crippen molar-refractivity contribution in [2.24, 2.45) is 0 Å². The van der Waals surface area contributed by atoms with Crippen molar-refractivity contribution in [2.75, 3.05) is 0 Å². The third-order valence-electron chi connectivity index (χ3n) is 1.79. The first-order chi connectivity index (χ1) is 6.44. The van der Waals surface area contributed by atoms with Crippen molar-refractivity contribution < 1.29 is 4.74 Å². The van der Waals surface area contributed by atoms with Gasteiger partial charge in [0, 0.05) is 6.54 Å². The van der Waals surface area contributed by atoms with Gasteiger partial charge in [-0.25, -0.2) is 0 Å². The van der Waals surface area contributed by atoms with Crippen molar-refractivity contribution in [3.05, 3.63) is 10.6 Å². The van der Waals surface area contributed by atoms with Crippen molar-refractivity contribution >= 4 is 12.2 Å². The summed E-state index contributed by atoms with van der Waals surface area (Å²) in [4.78, 5) is 0. The first kappa shape index (κ1) is 11.4. The van der Waals surface area contributed by atoms with E-state index in [1.54, 1.807) is 0 Å². The Morgan fingerprint density at radius 3 is 2.64 bits per heavy atom. The topological polar surface area (TPSA) is 42.8 Å². The van der Waals surface area contributed by atoms with E-state index in [9.17, 15) is 0 Å². The van der Waals surface area contributed by atoms with Gasteiger partial charge in [-0.15, -0.1) is 0 Å². The van der Waals surface area contributed by atoms with Crippen LogP contribution in [0.15, 0.2) is 0 Å². The number of H-pyrrole nitrogens is 1. The molecule has 0 bridgehead atoms. The minimum absolute atomic E-state index is 0.147. The molecule has 0 unspecified atom stereocenters. The van der Waals surface area contributed by atoms with Crippen LogP contribution in [0.2, 0.25) is 0 Å². The molecule has 0 aromatic carbocycles. The molecule has 1 aromatic heterocycles. The van der Waals surface area contributed by atoms with Crippen molar-refractivity contribution in [3.8, 4) is 0 Å². The molecule has 1 rings (SSSR count). The highest BCUT2D eigenvalue weighted by molar-refractivity contribution is 7.71. The van der Waals surface area contributed by atoms with Crippen LogP contribution in [-0.4, -0.2) is 20.4 Å². The lowest BCUT2D eigenvalue weighted by molar-refractivity contribution is -0.0194. The molecule has 0 aliphatic carbocycles. The van der Waals surface area contributed by atoms with E-state index >= 15 is 0 Å². The van der Waals surface area contributed by atoms with Crippen LogP contribution >= 0.6 is 12.2 Å². The van der Waals surface area contributed by atoms with Crippen LogP contribution in [0.1, 0.15) is 33.5 Å². The lowest BCUT2D eigenvalue weighted by atomic mass is 10.2. The number of ether oxygens (including phenoxy) is 1. The van der Waals surface area contributed by atoms with Crippen LogP contribution in [0, 0.1) is 4.77 Å². The second-order valence-electron chi connectivity index (χ2n) is 4.09. The van der Waals surface area contributed by atoms with E-state index in [2.05, 4.69) is 10.2 Å². The molecule has 80 valence electrons. The number of nitrogens with zero attached hydrogens (tertiary/aromatic N) is 2. The third kappa shape index (κ3) is 2.92. The Bertz CT molecular complexity index is 348. The monoisotopic (exact) mass is 215 g/mol. The number of nitrogens with one attached hydrogen (secondary N) is 1. The van der Waals surface area contributed by atoms with E-state index in [-0.39, 0.29) is 5.60 Å². The normalized spacial score (nSPS) is 12.0. The number of hydrogen-bond acceptors (Lipinski definition) is 3. The van der Waals surface area contributed by atoms with Gasteiger partial charge in [0.1, 0.15) is 6.61 Å². The quantitative estimate of drug-likeness (QED) is 0.787. The molecule has 0 saturated heterocycles. The van der Waals surface area contributed by atoms with Gasteiger partial charge in [-0.1, -0.05) is 0 Å². The molecule has 0 fully saturated rings. The zero-order valence-electron chi connectivity index (χ0n) is 9.13. The fourth-order valence-corrected chi connectivity index (χ4v) is 1.35. The summed E-state index contributed by atoms with van der Waals surface area (Å²) in [7, 11) is 0. The Labute approximate surface area is 89.3 Å². The van der Waals surface area contributed by atoms with Crippen LogP contribution in [-0.2, 0) is 17.9 Å². The van der Waals surface area contributed by atoms with Crippen LogP contribution in [0.3, 0.4) is 0 Å². The maximum atomic E-state index is 5.62. The molecule has 0 atom stereocenters. The molecule has 0 amide bonds. The molecule has 1 heterocycles. The second kappa shape index (κ2) is 4.23. The molecular formula is C9H17N3OS. The maximum Gasteiger partial charge on any atom is 0.195 e. The molecule has 0 radical (unpaired) electrons. The molecule has 4 nitrogen and oxygen atoms in total. The maximum absolute atomic E-state index is 5.62. The largest absolute Gasteiger partial charge is 0.368 e. The number of aromatic amines is 1. The van der Waals surface area contributed by atoms with E-state index < -0.39 is 0 Å². The van der Waals surface area contributed by atoms with Gasteiger partial charge in [0.2, 0.25) is 0 Å². The van der Waals surface area contributed by atoms with E-state index in [1.807, 2.05) is 32.3 Å². The highest BCUT2D eigenvalue weighted by atomic mass is 32.1. The summed E-state index contributed by atoms with van der Waals surface area (Å²) in [6.45, 7) is 9.40. The van der Waals surface area contributed by atoms with Gasteiger partial charge < -0.3 is 9.30 Å². The van der Waals surface area contributed by atoms with Gasteiger partial charge in [-0.3, -0.25) is 5.10 Å². The molecule has 1 N–H and O–H groups in total. The summed E-state index contributed by atoms with van der Waals surface area (Å²) in [5.74, 6) is 0.854. The lowest BCUT2D eigenvalue weighted by Gasteiger charge is -2.19. The van der Waals surface area contributed by atoms with Gasteiger partial charge in [-0.2, -0.15) is 5.10 Å². The predicted molar refractivity (Wildman–Crippen MR) is 57.6 cm³/mol. The molecular weight excluding hydrogens is 198 g/mol. The fourth-order valence-electron chi connectivity index (χ4n) is 1.07. The summed E-state index contributed by atoms with van der Waals surface area (Å²) >= 11 is 5.07. The summed E-state index contributed by atoms with van der Waals surface area (Å²) in [6.07, 6.45) is 0. The Hall–Kier alpha value is -0.680. The Morgan fingerprint density at radius 2 is 2.14 bits per heavy atom. The fraction of sp³-hybridized carbons (Fsp3) is 0.778. The van der Waals surface area contributed by atoms with Crippen molar-refractivity contribution in [1.29, 1.82) is 0 Å². The Balaban J connectivity index is 2.72. The summed E-state index contributed by atoms with van der Waals surface area (Å²) in [5.41, 5.74) is -0.147. The van der Waals surface area contributed by atoms with Gasteiger partial charge in [0.15, 0.2) is 10.6 Å². The molecule has 0 aliphatic heterocycles. The molecule has 0 spiro atoms. The second-order valence-corrected chi connectivity index (χ2v) is 4.48. The predicted octanol–water partition coefficient (Wildman–Crippen LogP) is 2.28. The Kier molecular flexibility index (Phi) is 3.44. The smallest absolute Gasteiger partial charge is 0.195 e. The SMILES string of the molecule is CCn1c(COC(C)(C)C)n[nH]c1=S. The molecule has 5 heteroatoms. The number of aromatic nitrogens is 3. The minimum Gasteiger partial charge on any atom is -0.368 e. The van der Waals surface area contributed by atoms with E-state index in [0.29, 0.717) is 11.4 Å². The standard InChI is InChI=1S/C9H17N3OS/c1-5-12-7(10-11-8(12)14)6-13-9(2,3)4/h5-6H2,1-4H3,(H,11,14). The number of hydrogen-bond donors (Lipinski definition) is 1. The van der Waals surface area contributed by atoms with Crippen LogP contribution in [0.4, 0.5) is 0 Å². The zero-order valence-corrected chi connectivity index (χ0v) is 9.94. The van der Waals surface area contributed by atoms with Crippen molar-refractivity contribution in [2.45, 2.75) is 46.4 Å². The zero-order chi connectivity index (χ0) is 10.8. The molecule has 14 heavy (non-hydrogen) atoms. The van der Waals surface area contributed by atoms with Gasteiger partial charge in [0.25, 0.3) is 0 Å². The van der Waals surface area contributed by atoms with E-state index in [0.717, 1.165) is 12.4 Å². The van der Waals surface area contributed by atoms with E-state index in [1.165, 1.54) is 0 Å². The van der Waals surface area contributed by atoms with Crippen molar-refractivity contribution in [1.82, 2.24) is 14.8 Å². The summed E-state index contributed by atoms with van der Waals surface area (Å²) in [5, 5.41) is 6.87. The molecule has 1 aromatic rings. The summed E-state index contributed by atoms with van der Waals surface area (Å²) < 4.78 is 8.21. The summed E-state index contributed by atoms with van der Waals surface area (Å²) in [6, 6.07) is 0. The Morgan fingerprint density at radius 1 is 1.50 bits per heavy atom. The van der Waals surface area contributed by atoms with Crippen LogP contribution < -0.4 is 0 Å².